The zero-order valence-electron chi connectivity index (χ0n) is 27.2. The van der Waals surface area contributed by atoms with Gasteiger partial charge in [0.15, 0.2) is 29.8 Å². The molecule has 2 fully saturated rings. The number of methoxy groups -OCH3 is 2. The van der Waals surface area contributed by atoms with Crippen molar-refractivity contribution in [1.82, 2.24) is 9.80 Å². The molecule has 5 aliphatic heterocycles. The molecule has 0 aliphatic carbocycles. The van der Waals surface area contributed by atoms with Crippen LogP contribution in [0.3, 0.4) is 0 Å². The van der Waals surface area contributed by atoms with Crippen LogP contribution in [0.2, 0.25) is 0 Å². The highest BCUT2D eigenvalue weighted by molar-refractivity contribution is 7.99. The first-order valence-corrected chi connectivity index (χ1v) is 16.6. The van der Waals surface area contributed by atoms with Crippen molar-refractivity contribution in [2.45, 2.75) is 68.7 Å². The van der Waals surface area contributed by atoms with Gasteiger partial charge in [0.25, 0.3) is 0 Å². The second-order valence-electron chi connectivity index (χ2n) is 12.5. The molecule has 2 N–H and O–H groups in total. The van der Waals surface area contributed by atoms with E-state index in [1.807, 2.05) is 20.9 Å². The third-order valence-electron chi connectivity index (χ3n) is 9.99. The maximum absolute atomic E-state index is 13.1. The summed E-state index contributed by atoms with van der Waals surface area (Å²) in [5, 5.41) is 10.5. The Bertz CT molecular complexity index is 1700. The molecule has 14 heteroatoms. The molecular formula is C33H38N4O9S. The largest absolute Gasteiger partial charge is 0.493 e. The molecule has 2 saturated heterocycles. The van der Waals surface area contributed by atoms with Crippen molar-refractivity contribution in [2.24, 2.45) is 5.73 Å². The summed E-state index contributed by atoms with van der Waals surface area (Å²) in [6, 6.07) is 1.67. The van der Waals surface area contributed by atoms with Gasteiger partial charge in [-0.2, -0.15) is 5.26 Å². The predicted octanol–water partition coefficient (Wildman–Crippen LogP) is 2.84. The van der Waals surface area contributed by atoms with Gasteiger partial charge >= 0.3 is 11.9 Å². The molecule has 5 heterocycles. The van der Waals surface area contributed by atoms with Gasteiger partial charge in [-0.1, -0.05) is 6.07 Å². The summed E-state index contributed by atoms with van der Waals surface area (Å²) in [6.45, 7) is 5.08. The number of likely N-dealkylation sites (N-methyl/N-ethyl adjacent to an activating group) is 1. The molecule has 7 rings (SSSR count). The summed E-state index contributed by atoms with van der Waals surface area (Å²) < 4.78 is 41.6. The molecule has 2 aromatic carbocycles. The van der Waals surface area contributed by atoms with Crippen LogP contribution in [0, 0.1) is 25.2 Å². The van der Waals surface area contributed by atoms with Gasteiger partial charge in [-0.3, -0.25) is 19.4 Å². The number of thioether (sulfide) groups is 1. The normalized spacial score (nSPS) is 29.1. The Morgan fingerprint density at radius 1 is 1.13 bits per heavy atom. The van der Waals surface area contributed by atoms with Gasteiger partial charge in [-0.05, 0) is 38.4 Å². The van der Waals surface area contributed by atoms with E-state index >= 15 is 0 Å². The van der Waals surface area contributed by atoms with Gasteiger partial charge in [0, 0.05) is 54.1 Å². The molecule has 0 amide bonds. The zero-order valence-corrected chi connectivity index (χ0v) is 28.0. The van der Waals surface area contributed by atoms with Gasteiger partial charge in [-0.15, -0.1) is 11.8 Å². The monoisotopic (exact) mass is 666 g/mol. The van der Waals surface area contributed by atoms with E-state index in [0.717, 1.165) is 22.3 Å². The molecule has 0 unspecified atom stereocenters. The van der Waals surface area contributed by atoms with Crippen molar-refractivity contribution >= 4 is 23.7 Å². The Morgan fingerprint density at radius 2 is 1.89 bits per heavy atom. The number of fused-ring (bicyclic) bond motifs is 9. The van der Waals surface area contributed by atoms with E-state index < -0.39 is 41.4 Å². The van der Waals surface area contributed by atoms with Crippen molar-refractivity contribution in [1.29, 1.82) is 5.26 Å². The quantitative estimate of drug-likeness (QED) is 0.282. The maximum Gasteiger partial charge on any atom is 0.323 e. The number of carbonyl (C=O) groups excluding carboxylic acids is 2. The van der Waals surface area contributed by atoms with E-state index in [1.165, 1.54) is 18.7 Å². The van der Waals surface area contributed by atoms with Crippen molar-refractivity contribution in [3.8, 4) is 34.8 Å². The van der Waals surface area contributed by atoms with Crippen LogP contribution in [0.1, 0.15) is 57.6 Å². The van der Waals surface area contributed by atoms with Crippen LogP contribution in [0.5, 0.6) is 28.7 Å². The summed E-state index contributed by atoms with van der Waals surface area (Å²) in [7, 11) is 5.22. The van der Waals surface area contributed by atoms with E-state index in [9.17, 15) is 14.9 Å². The fourth-order valence-electron chi connectivity index (χ4n) is 8.22. The second-order valence-corrected chi connectivity index (χ2v) is 13.7. The van der Waals surface area contributed by atoms with Crippen LogP contribution >= 0.6 is 11.8 Å². The third-order valence-corrected chi connectivity index (χ3v) is 11.4. The Kier molecular flexibility index (Phi) is 8.16. The number of ether oxygens (including phenoxy) is 7. The molecule has 250 valence electrons. The number of aryl methyl sites for hydroxylation is 1. The van der Waals surface area contributed by atoms with Gasteiger partial charge < -0.3 is 38.9 Å². The van der Waals surface area contributed by atoms with Gasteiger partial charge in [-0.25, -0.2) is 0 Å². The Morgan fingerprint density at radius 3 is 2.60 bits per heavy atom. The summed E-state index contributed by atoms with van der Waals surface area (Å²) >= 11 is 1.48. The smallest absolute Gasteiger partial charge is 0.323 e. The number of nitrogens with zero attached hydrogens (tertiary/aromatic N) is 3. The maximum atomic E-state index is 13.1. The first-order valence-electron chi connectivity index (χ1n) is 15.5. The molecule has 0 saturated carbocycles. The second kappa shape index (κ2) is 12.1. The number of hydrogen-bond donors (Lipinski definition) is 1. The average molecular weight is 667 g/mol. The van der Waals surface area contributed by atoms with E-state index in [0.29, 0.717) is 46.3 Å². The first kappa shape index (κ1) is 31.8. The molecule has 47 heavy (non-hydrogen) atoms. The molecule has 2 aromatic rings. The lowest BCUT2D eigenvalue weighted by molar-refractivity contribution is -0.150. The molecule has 13 nitrogen and oxygen atoms in total. The summed E-state index contributed by atoms with van der Waals surface area (Å²) in [5.41, 5.74) is 11.3. The number of hydrogen-bond acceptors (Lipinski definition) is 14. The van der Waals surface area contributed by atoms with Gasteiger partial charge in [0.1, 0.15) is 24.4 Å². The number of rotatable bonds is 5. The number of benzene rings is 2. The highest BCUT2D eigenvalue weighted by Crippen LogP contribution is 2.64. The molecular weight excluding hydrogens is 628 g/mol. The minimum atomic E-state index is -0.883. The van der Waals surface area contributed by atoms with Crippen molar-refractivity contribution in [3.05, 3.63) is 39.4 Å². The summed E-state index contributed by atoms with van der Waals surface area (Å²) in [5.74, 6) is 1.76. The number of nitriles is 1. The van der Waals surface area contributed by atoms with Crippen molar-refractivity contribution in [2.75, 3.05) is 47.2 Å². The molecule has 4 bridgehead atoms. The van der Waals surface area contributed by atoms with Gasteiger partial charge in [0.2, 0.25) is 6.79 Å². The Labute approximate surface area is 277 Å². The van der Waals surface area contributed by atoms with Crippen LogP contribution in [-0.4, -0.2) is 93.1 Å². The number of piperazine rings is 1. The van der Waals surface area contributed by atoms with Crippen LogP contribution in [0.15, 0.2) is 6.07 Å². The fraction of sp³-hybridized carbons (Fsp3) is 0.545. The molecule has 5 aliphatic rings. The van der Waals surface area contributed by atoms with E-state index in [1.54, 1.807) is 14.2 Å². The minimum Gasteiger partial charge on any atom is -0.493 e. The van der Waals surface area contributed by atoms with Gasteiger partial charge in [0.05, 0.1) is 30.5 Å². The number of cyclic esters (lactones) is 1. The Hall–Kier alpha value is -3.74. The minimum absolute atomic E-state index is 0.00896. The van der Waals surface area contributed by atoms with Crippen LogP contribution in [0.25, 0.3) is 0 Å². The highest BCUT2D eigenvalue weighted by Gasteiger charge is 2.60. The lowest BCUT2D eigenvalue weighted by Gasteiger charge is -2.61. The summed E-state index contributed by atoms with van der Waals surface area (Å²) in [4.78, 5) is 30.2. The van der Waals surface area contributed by atoms with Crippen molar-refractivity contribution in [3.63, 3.8) is 0 Å². The number of carbonyl (C=O) groups is 2. The van der Waals surface area contributed by atoms with Crippen LogP contribution in [0.4, 0.5) is 0 Å². The van der Waals surface area contributed by atoms with Crippen LogP contribution < -0.4 is 29.4 Å². The zero-order chi connectivity index (χ0) is 33.3. The third kappa shape index (κ3) is 4.74. The summed E-state index contributed by atoms with van der Waals surface area (Å²) in [6.07, 6.45) is 0.574. The molecule has 7 atom stereocenters. The fourth-order valence-corrected chi connectivity index (χ4v) is 9.66. The lowest BCUT2D eigenvalue weighted by Crippen LogP contribution is -2.69. The lowest BCUT2D eigenvalue weighted by atomic mass is 9.71. The average Bonchev–Trinajstić information content (AvgIpc) is 3.53. The number of esters is 2. The van der Waals surface area contributed by atoms with Crippen LogP contribution in [-0.2, 0) is 25.5 Å². The van der Waals surface area contributed by atoms with E-state index in [4.69, 9.17) is 38.9 Å². The van der Waals surface area contributed by atoms with Crippen molar-refractivity contribution < 1.29 is 42.7 Å². The number of nitrogens with two attached hydrogens (primary N) is 1. The van der Waals surface area contributed by atoms with E-state index in [2.05, 4.69) is 21.9 Å². The first-order chi connectivity index (χ1) is 22.6. The SMILES string of the molecule is COCOc1c(OC)c(C)cc2c1[C@@H]1[C@@H]3[C@@H]4SC[C@H](N)C(=O)OC[C@@H](c5c6c(c(C)c(OC(C)=O)c54)OCO6)N3[C@@H](C#N)[C@H](C2)N1C. The standard InChI is InChI=1S/C33H38N4O9S/c1-14-7-17-8-19-20(9-34)37-21-10-42-33(39)18(35)11-47-32(24-23(21)31-29(44-13-45-31)15(2)28(24)46-16(3)38)26(37)25(36(19)4)22(17)30(27(14)41-6)43-12-40-5/h7,18-21,25-26,32H,8,10-13,35H2,1-6H3/t18-,19-,20-,21-,25+,26+,32+/m0/s1. The highest BCUT2D eigenvalue weighted by atomic mass is 32.2. The molecule has 0 aromatic heterocycles. The topological polar surface area (TPSA) is 155 Å². The van der Waals surface area contributed by atoms with E-state index in [-0.39, 0.29) is 38.0 Å². The predicted molar refractivity (Wildman–Crippen MR) is 169 cm³/mol. The molecule has 0 spiro atoms. The Balaban J connectivity index is 1.56. The molecule has 0 radical (unpaired) electrons.